The van der Waals surface area contributed by atoms with Crippen LogP contribution in [0.15, 0.2) is 40.5 Å². The second-order valence-electron chi connectivity index (χ2n) is 5.54. The summed E-state index contributed by atoms with van der Waals surface area (Å²) in [5.74, 6) is 0.664. The van der Waals surface area contributed by atoms with E-state index in [0.717, 1.165) is 30.8 Å². The molecule has 3 aromatic rings. The van der Waals surface area contributed by atoms with Gasteiger partial charge >= 0.3 is 5.69 Å². The van der Waals surface area contributed by atoms with Gasteiger partial charge in [0.25, 0.3) is 0 Å². The Bertz CT molecular complexity index is 829. The molecule has 4 rings (SSSR count). The van der Waals surface area contributed by atoms with E-state index < -0.39 is 0 Å². The van der Waals surface area contributed by atoms with E-state index in [4.69, 9.17) is 4.74 Å². The predicted molar refractivity (Wildman–Crippen MR) is 86.6 cm³/mol. The number of hydrogen-bond donors (Lipinski definition) is 1. The van der Waals surface area contributed by atoms with E-state index in [9.17, 15) is 4.79 Å². The molecule has 4 heterocycles. The zero-order valence-corrected chi connectivity index (χ0v) is 13.3. The normalized spacial score (nSPS) is 18.0. The number of ether oxygens (including phenoxy) is 1. The van der Waals surface area contributed by atoms with Gasteiger partial charge in [-0.2, -0.15) is 0 Å². The van der Waals surface area contributed by atoms with Crippen molar-refractivity contribution < 1.29 is 4.74 Å². The average molecular weight is 331 g/mol. The van der Waals surface area contributed by atoms with Crippen molar-refractivity contribution in [3.8, 4) is 0 Å². The molecule has 1 N–H and O–H groups in total. The summed E-state index contributed by atoms with van der Waals surface area (Å²) in [7, 11) is 0. The van der Waals surface area contributed by atoms with Crippen LogP contribution in [0.1, 0.15) is 18.5 Å². The number of aromatic amines is 1. The number of aromatic nitrogens is 5. The van der Waals surface area contributed by atoms with Gasteiger partial charge in [0, 0.05) is 24.8 Å². The molecule has 120 valence electrons. The van der Waals surface area contributed by atoms with Crippen LogP contribution < -0.4 is 5.69 Å². The fraction of sp³-hybridized carbons (Fsp3) is 0.400. The van der Waals surface area contributed by atoms with Crippen molar-refractivity contribution in [1.82, 2.24) is 24.1 Å². The monoisotopic (exact) mass is 331 g/mol. The third-order valence-corrected chi connectivity index (χ3v) is 4.91. The first kappa shape index (κ1) is 14.5. The molecule has 0 aromatic carbocycles. The van der Waals surface area contributed by atoms with Crippen LogP contribution in [0.5, 0.6) is 0 Å². The van der Waals surface area contributed by atoms with E-state index in [2.05, 4.69) is 15.2 Å². The van der Waals surface area contributed by atoms with Crippen molar-refractivity contribution in [3.63, 3.8) is 0 Å². The van der Waals surface area contributed by atoms with Crippen LogP contribution in [0.25, 0.3) is 5.65 Å². The average Bonchev–Trinajstić information content (AvgIpc) is 3.27. The second-order valence-corrected chi connectivity index (χ2v) is 6.49. The number of pyridine rings is 1. The Morgan fingerprint density at radius 1 is 1.43 bits per heavy atom. The number of H-pyrrole nitrogens is 1. The molecule has 0 saturated carbocycles. The van der Waals surface area contributed by atoms with E-state index in [-0.39, 0.29) is 11.8 Å². The quantitative estimate of drug-likeness (QED) is 0.720. The van der Waals surface area contributed by atoms with Crippen LogP contribution in [0.2, 0.25) is 0 Å². The minimum absolute atomic E-state index is 0.111. The maximum atomic E-state index is 11.9. The maximum absolute atomic E-state index is 11.9. The van der Waals surface area contributed by atoms with Crippen molar-refractivity contribution in [2.45, 2.75) is 36.4 Å². The van der Waals surface area contributed by atoms with E-state index in [1.54, 1.807) is 4.57 Å². The van der Waals surface area contributed by atoms with Crippen LogP contribution in [0, 0.1) is 0 Å². The molecule has 0 aliphatic carbocycles. The third kappa shape index (κ3) is 3.04. The van der Waals surface area contributed by atoms with Gasteiger partial charge in [-0.15, -0.1) is 5.10 Å². The van der Waals surface area contributed by atoms with E-state index in [1.807, 2.05) is 35.0 Å². The highest BCUT2D eigenvalue weighted by Crippen LogP contribution is 2.21. The summed E-state index contributed by atoms with van der Waals surface area (Å²) in [6.45, 7) is 1.34. The molecule has 8 heteroatoms. The molecule has 23 heavy (non-hydrogen) atoms. The van der Waals surface area contributed by atoms with Gasteiger partial charge in [0.1, 0.15) is 5.65 Å². The molecule has 1 atom stereocenters. The fourth-order valence-electron chi connectivity index (χ4n) is 2.76. The number of hydrogen-bond acceptors (Lipinski definition) is 5. The summed E-state index contributed by atoms with van der Waals surface area (Å²) in [4.78, 5) is 16.5. The summed E-state index contributed by atoms with van der Waals surface area (Å²) in [5.41, 5.74) is 1.69. The summed E-state index contributed by atoms with van der Waals surface area (Å²) in [6.07, 6.45) is 6.13. The second kappa shape index (κ2) is 6.21. The standard InChI is InChI=1S/C15H17N5O2S/c21-14-17-18-15(20(14)9-12-4-3-7-22-12)23-10-11-8-19-6-2-1-5-13(19)16-11/h1-2,5-6,8,12H,3-4,7,9-10H2,(H,17,21). The van der Waals surface area contributed by atoms with Gasteiger partial charge in [-0.1, -0.05) is 17.8 Å². The molecule has 0 bridgehead atoms. The van der Waals surface area contributed by atoms with E-state index >= 15 is 0 Å². The third-order valence-electron chi connectivity index (χ3n) is 3.90. The number of nitrogens with zero attached hydrogens (tertiary/aromatic N) is 4. The number of rotatable bonds is 5. The molecule has 7 nitrogen and oxygen atoms in total. The zero-order valence-electron chi connectivity index (χ0n) is 12.5. The first-order valence-electron chi connectivity index (χ1n) is 7.62. The summed E-state index contributed by atoms with van der Waals surface area (Å²) in [5, 5.41) is 7.34. The molecule has 0 amide bonds. The Morgan fingerprint density at radius 2 is 2.39 bits per heavy atom. The molecule has 1 saturated heterocycles. The lowest BCUT2D eigenvalue weighted by Gasteiger charge is -2.10. The Balaban J connectivity index is 1.49. The number of nitrogens with one attached hydrogen (secondary N) is 1. The van der Waals surface area contributed by atoms with Crippen molar-refractivity contribution in [2.75, 3.05) is 6.61 Å². The van der Waals surface area contributed by atoms with Gasteiger partial charge in [0.05, 0.1) is 18.3 Å². The van der Waals surface area contributed by atoms with Crippen molar-refractivity contribution in [2.24, 2.45) is 0 Å². The molecule has 3 aromatic heterocycles. The number of fused-ring (bicyclic) bond motifs is 1. The summed E-state index contributed by atoms with van der Waals surface area (Å²) in [6, 6.07) is 5.90. The Hall–Kier alpha value is -2.06. The van der Waals surface area contributed by atoms with Gasteiger partial charge in [-0.05, 0) is 25.0 Å². The van der Waals surface area contributed by atoms with Crippen LogP contribution in [0.3, 0.4) is 0 Å². The fourth-order valence-corrected chi connectivity index (χ4v) is 3.60. The van der Waals surface area contributed by atoms with Crippen LogP contribution in [0.4, 0.5) is 0 Å². The van der Waals surface area contributed by atoms with Gasteiger partial charge in [0.2, 0.25) is 0 Å². The van der Waals surface area contributed by atoms with Gasteiger partial charge in [0.15, 0.2) is 5.16 Å². The lowest BCUT2D eigenvalue weighted by Crippen LogP contribution is -2.24. The minimum Gasteiger partial charge on any atom is -0.376 e. The van der Waals surface area contributed by atoms with Crippen LogP contribution in [-0.2, 0) is 17.0 Å². The number of imidazole rings is 1. The highest BCUT2D eigenvalue weighted by molar-refractivity contribution is 7.98. The Morgan fingerprint density at radius 3 is 3.22 bits per heavy atom. The largest absolute Gasteiger partial charge is 0.376 e. The molecule has 1 unspecified atom stereocenters. The zero-order chi connectivity index (χ0) is 15.6. The van der Waals surface area contributed by atoms with E-state index in [0.29, 0.717) is 17.5 Å². The van der Waals surface area contributed by atoms with E-state index in [1.165, 1.54) is 11.8 Å². The highest BCUT2D eigenvalue weighted by Gasteiger charge is 2.19. The molecular weight excluding hydrogens is 314 g/mol. The maximum Gasteiger partial charge on any atom is 0.344 e. The van der Waals surface area contributed by atoms with Crippen LogP contribution in [-0.4, -0.2) is 36.9 Å². The molecule has 1 fully saturated rings. The number of thioether (sulfide) groups is 1. The van der Waals surface area contributed by atoms with Crippen molar-refractivity contribution in [3.05, 3.63) is 46.8 Å². The van der Waals surface area contributed by atoms with Crippen LogP contribution >= 0.6 is 11.8 Å². The SMILES string of the molecule is O=c1[nH]nc(SCc2cn3ccccc3n2)n1CC1CCCO1. The van der Waals surface area contributed by atoms with Crippen molar-refractivity contribution >= 4 is 17.4 Å². The molecule has 0 radical (unpaired) electrons. The first-order valence-corrected chi connectivity index (χ1v) is 8.60. The molecule has 1 aliphatic heterocycles. The van der Waals surface area contributed by atoms with Gasteiger partial charge in [-0.25, -0.2) is 14.9 Å². The predicted octanol–water partition coefficient (Wildman–Crippen LogP) is 1.69. The lowest BCUT2D eigenvalue weighted by molar-refractivity contribution is 0.0941. The first-order chi connectivity index (χ1) is 11.3. The highest BCUT2D eigenvalue weighted by atomic mass is 32.2. The van der Waals surface area contributed by atoms with Gasteiger partial charge < -0.3 is 9.14 Å². The molecular formula is C15H17N5O2S. The lowest BCUT2D eigenvalue weighted by atomic mass is 10.2. The molecule has 0 spiro atoms. The Labute approximate surface area is 136 Å². The minimum atomic E-state index is -0.182. The Kier molecular flexibility index (Phi) is 3.92. The smallest absolute Gasteiger partial charge is 0.344 e. The van der Waals surface area contributed by atoms with Crippen molar-refractivity contribution in [1.29, 1.82) is 0 Å². The topological polar surface area (TPSA) is 77.2 Å². The van der Waals surface area contributed by atoms with Gasteiger partial charge in [-0.3, -0.25) is 4.57 Å². The summed E-state index contributed by atoms with van der Waals surface area (Å²) < 4.78 is 9.26. The molecule has 1 aliphatic rings. The summed E-state index contributed by atoms with van der Waals surface area (Å²) >= 11 is 1.51.